The number of fused-ring (bicyclic) bond motifs is 1. The second-order valence-electron chi connectivity index (χ2n) is 5.49. The summed E-state index contributed by atoms with van der Waals surface area (Å²) in [5.74, 6) is 0.0631. The van der Waals surface area contributed by atoms with Gasteiger partial charge < -0.3 is 16.0 Å². The first-order valence-electron chi connectivity index (χ1n) is 6.94. The number of nitrogens with two attached hydrogens (primary N) is 1. The fraction of sp³-hybridized carbons (Fsp3) is 0.333. The molecule has 21 heavy (non-hydrogen) atoms. The maximum absolute atomic E-state index is 11.5. The Morgan fingerprint density at radius 2 is 2.24 bits per heavy atom. The van der Waals surface area contributed by atoms with Gasteiger partial charge in [0.05, 0.1) is 17.6 Å². The monoisotopic (exact) mass is 285 g/mol. The Morgan fingerprint density at radius 1 is 1.43 bits per heavy atom. The number of nitrogens with one attached hydrogen (secondary N) is 1. The largest absolute Gasteiger partial charge is 0.397 e. The molecule has 0 bridgehead atoms. The molecule has 0 saturated carbocycles. The van der Waals surface area contributed by atoms with Crippen molar-refractivity contribution in [2.75, 3.05) is 23.0 Å². The summed E-state index contributed by atoms with van der Waals surface area (Å²) in [4.78, 5) is 13.6. The number of carbonyl (C=O) groups is 1. The molecule has 1 aliphatic rings. The number of nitrogen functional groups attached to an aromatic ring is 1. The van der Waals surface area contributed by atoms with Crippen molar-refractivity contribution in [2.24, 2.45) is 7.05 Å². The zero-order valence-corrected chi connectivity index (χ0v) is 12.3. The van der Waals surface area contributed by atoms with Gasteiger partial charge in [0.1, 0.15) is 0 Å². The second kappa shape index (κ2) is 5.12. The van der Waals surface area contributed by atoms with Crippen LogP contribution in [0.4, 0.5) is 17.1 Å². The van der Waals surface area contributed by atoms with E-state index in [1.807, 2.05) is 38.6 Å². The average Bonchev–Trinajstić information content (AvgIpc) is 2.83. The molecule has 2 aromatic rings. The molecule has 0 atom stereocenters. The number of hydrogen-bond acceptors (Lipinski definition) is 4. The molecule has 0 fully saturated rings. The van der Waals surface area contributed by atoms with E-state index in [2.05, 4.69) is 15.3 Å². The van der Waals surface area contributed by atoms with Gasteiger partial charge in [0.2, 0.25) is 5.91 Å². The molecule has 3 N–H and O–H groups in total. The van der Waals surface area contributed by atoms with Gasteiger partial charge in [-0.05, 0) is 24.1 Å². The zero-order chi connectivity index (χ0) is 15.0. The standard InChI is InChI=1S/C15H19N5O/c1-19(8-10-7-17-20(2)9-10)14-6-13-11(5-12(14)16)3-4-15(21)18-13/h5-7,9H,3-4,8,16H2,1-2H3,(H,18,21). The maximum Gasteiger partial charge on any atom is 0.224 e. The molecule has 2 heterocycles. The van der Waals surface area contributed by atoms with E-state index in [9.17, 15) is 4.79 Å². The molecule has 0 saturated heterocycles. The van der Waals surface area contributed by atoms with E-state index in [1.54, 1.807) is 4.68 Å². The summed E-state index contributed by atoms with van der Waals surface area (Å²) >= 11 is 0. The highest BCUT2D eigenvalue weighted by molar-refractivity contribution is 5.95. The zero-order valence-electron chi connectivity index (χ0n) is 12.3. The van der Waals surface area contributed by atoms with Gasteiger partial charge in [0.25, 0.3) is 0 Å². The smallest absolute Gasteiger partial charge is 0.224 e. The predicted molar refractivity (Wildman–Crippen MR) is 83.1 cm³/mol. The molecule has 0 radical (unpaired) electrons. The normalized spacial score (nSPS) is 13.7. The van der Waals surface area contributed by atoms with Crippen LogP contribution in [-0.4, -0.2) is 22.7 Å². The van der Waals surface area contributed by atoms with Crippen molar-refractivity contribution >= 4 is 23.0 Å². The summed E-state index contributed by atoms with van der Waals surface area (Å²) < 4.78 is 1.78. The molecule has 6 heteroatoms. The molecular formula is C15H19N5O. The van der Waals surface area contributed by atoms with Crippen LogP contribution in [0.5, 0.6) is 0 Å². The Bertz CT molecular complexity index is 691. The van der Waals surface area contributed by atoms with Crippen LogP contribution in [0.25, 0.3) is 0 Å². The molecule has 0 unspecified atom stereocenters. The summed E-state index contributed by atoms with van der Waals surface area (Å²) in [6.45, 7) is 0.713. The van der Waals surface area contributed by atoms with Gasteiger partial charge >= 0.3 is 0 Å². The molecular weight excluding hydrogens is 266 g/mol. The second-order valence-corrected chi connectivity index (χ2v) is 5.49. The van der Waals surface area contributed by atoms with E-state index >= 15 is 0 Å². The van der Waals surface area contributed by atoms with Gasteiger partial charge in [0.15, 0.2) is 0 Å². The fourth-order valence-electron chi connectivity index (χ4n) is 2.68. The first-order valence-corrected chi connectivity index (χ1v) is 6.94. The van der Waals surface area contributed by atoms with Crippen molar-refractivity contribution in [1.29, 1.82) is 0 Å². The molecule has 0 spiro atoms. The average molecular weight is 285 g/mol. The van der Waals surface area contributed by atoms with Gasteiger partial charge in [-0.2, -0.15) is 5.10 Å². The molecule has 1 aliphatic heterocycles. The van der Waals surface area contributed by atoms with Crippen LogP contribution in [0.3, 0.4) is 0 Å². The van der Waals surface area contributed by atoms with E-state index < -0.39 is 0 Å². The number of hydrogen-bond donors (Lipinski definition) is 2. The van der Waals surface area contributed by atoms with Gasteiger partial charge in [-0.25, -0.2) is 0 Å². The summed E-state index contributed by atoms with van der Waals surface area (Å²) in [5.41, 5.74) is 10.9. The minimum absolute atomic E-state index is 0.0631. The lowest BCUT2D eigenvalue weighted by Crippen LogP contribution is -2.22. The highest BCUT2D eigenvalue weighted by Crippen LogP contribution is 2.33. The van der Waals surface area contributed by atoms with Crippen LogP contribution in [0.2, 0.25) is 0 Å². The fourth-order valence-corrected chi connectivity index (χ4v) is 2.68. The van der Waals surface area contributed by atoms with Gasteiger partial charge in [-0.3, -0.25) is 9.48 Å². The van der Waals surface area contributed by atoms with Gasteiger partial charge in [0, 0.05) is 44.5 Å². The van der Waals surface area contributed by atoms with E-state index in [1.165, 1.54) is 0 Å². The first-order chi connectivity index (χ1) is 10.0. The number of aromatic nitrogens is 2. The number of rotatable bonds is 3. The van der Waals surface area contributed by atoms with Crippen LogP contribution in [0, 0.1) is 0 Å². The van der Waals surface area contributed by atoms with Crippen LogP contribution in [0.1, 0.15) is 17.5 Å². The van der Waals surface area contributed by atoms with Crippen LogP contribution >= 0.6 is 0 Å². The molecule has 0 aliphatic carbocycles. The molecule has 6 nitrogen and oxygen atoms in total. The first kappa shape index (κ1) is 13.5. The lowest BCUT2D eigenvalue weighted by Gasteiger charge is -2.24. The SMILES string of the molecule is CN(Cc1cnn(C)c1)c1cc2c(cc1N)CCC(=O)N2. The van der Waals surface area contributed by atoms with E-state index in [4.69, 9.17) is 5.73 Å². The van der Waals surface area contributed by atoms with Crippen LogP contribution < -0.4 is 16.0 Å². The van der Waals surface area contributed by atoms with Crippen molar-refractivity contribution < 1.29 is 4.79 Å². The number of nitrogens with zero attached hydrogens (tertiary/aromatic N) is 3. The molecule has 110 valence electrons. The lowest BCUT2D eigenvalue weighted by atomic mass is 10.0. The van der Waals surface area contributed by atoms with Gasteiger partial charge in [-0.1, -0.05) is 0 Å². The molecule has 3 rings (SSSR count). The number of aryl methyl sites for hydroxylation is 2. The topological polar surface area (TPSA) is 76.2 Å². The molecule has 1 aromatic heterocycles. The summed E-state index contributed by atoms with van der Waals surface area (Å²) in [6, 6.07) is 3.92. The lowest BCUT2D eigenvalue weighted by molar-refractivity contribution is -0.116. The number of anilines is 3. The summed E-state index contributed by atoms with van der Waals surface area (Å²) in [6.07, 6.45) is 5.09. The number of benzene rings is 1. The Balaban J connectivity index is 1.87. The van der Waals surface area contributed by atoms with Crippen molar-refractivity contribution in [1.82, 2.24) is 9.78 Å². The predicted octanol–water partition coefficient (Wildman–Crippen LogP) is 1.52. The molecule has 1 amide bonds. The third-order valence-electron chi connectivity index (χ3n) is 3.74. The van der Waals surface area contributed by atoms with E-state index in [-0.39, 0.29) is 5.91 Å². The van der Waals surface area contributed by atoms with Crippen molar-refractivity contribution in [2.45, 2.75) is 19.4 Å². The maximum atomic E-state index is 11.5. The third kappa shape index (κ3) is 2.69. The van der Waals surface area contributed by atoms with E-state index in [0.29, 0.717) is 13.0 Å². The number of amides is 1. The summed E-state index contributed by atoms with van der Waals surface area (Å²) in [5, 5.41) is 7.08. The Labute approximate surface area is 123 Å². The minimum atomic E-state index is 0.0631. The van der Waals surface area contributed by atoms with Crippen molar-refractivity contribution in [3.63, 3.8) is 0 Å². The Morgan fingerprint density at radius 3 is 2.95 bits per heavy atom. The van der Waals surface area contributed by atoms with Gasteiger partial charge in [-0.15, -0.1) is 0 Å². The van der Waals surface area contributed by atoms with Crippen LogP contribution in [-0.2, 0) is 24.8 Å². The minimum Gasteiger partial charge on any atom is -0.397 e. The van der Waals surface area contributed by atoms with E-state index in [0.717, 1.165) is 34.6 Å². The third-order valence-corrected chi connectivity index (χ3v) is 3.74. The van der Waals surface area contributed by atoms with Crippen molar-refractivity contribution in [3.05, 3.63) is 35.7 Å². The highest BCUT2D eigenvalue weighted by atomic mass is 16.1. The van der Waals surface area contributed by atoms with Crippen molar-refractivity contribution in [3.8, 4) is 0 Å². The number of carbonyl (C=O) groups excluding carboxylic acids is 1. The summed E-state index contributed by atoms with van der Waals surface area (Å²) in [7, 11) is 3.88. The highest BCUT2D eigenvalue weighted by Gasteiger charge is 2.18. The Kier molecular flexibility index (Phi) is 3.29. The quantitative estimate of drug-likeness (QED) is 0.838. The Hall–Kier alpha value is -2.50. The van der Waals surface area contributed by atoms with Crippen LogP contribution in [0.15, 0.2) is 24.5 Å². The molecule has 1 aromatic carbocycles.